The molecule has 0 atom stereocenters. The number of ether oxygens (including phenoxy) is 1. The predicted molar refractivity (Wildman–Crippen MR) is 99.4 cm³/mol. The summed E-state index contributed by atoms with van der Waals surface area (Å²) in [6.07, 6.45) is 0. The fraction of sp³-hybridized carbons (Fsp3) is 0.263. The minimum absolute atomic E-state index is 0.0609. The van der Waals surface area contributed by atoms with E-state index in [2.05, 4.69) is 0 Å². The number of rotatable bonds is 5. The first-order valence-corrected chi connectivity index (χ1v) is 8.28. The van der Waals surface area contributed by atoms with Crippen LogP contribution in [0.5, 0.6) is 11.5 Å². The molecule has 0 saturated carbocycles. The van der Waals surface area contributed by atoms with Crippen LogP contribution in [0.25, 0.3) is 16.6 Å². The smallest absolute Gasteiger partial charge is 0.298 e. The van der Waals surface area contributed by atoms with Crippen LogP contribution in [-0.4, -0.2) is 35.8 Å². The fourth-order valence-electron chi connectivity index (χ4n) is 3.35. The Balaban J connectivity index is 2.40. The number of nitro groups is 1. The molecule has 0 radical (unpaired) electrons. The third-order valence-corrected chi connectivity index (χ3v) is 4.46. The van der Waals surface area contributed by atoms with Gasteiger partial charge in [-0.15, -0.1) is 0 Å². The molecule has 0 unspecified atom stereocenters. The summed E-state index contributed by atoms with van der Waals surface area (Å²) < 4.78 is 7.04. The molecule has 0 amide bonds. The molecule has 7 heteroatoms. The second kappa shape index (κ2) is 6.68. The number of phenolic OH excluding ortho intramolecular Hbond substituents is 1. The number of hydrogen-bond acceptors (Lipinski definition) is 4. The monoisotopic (exact) mass is 356 g/mol. The van der Waals surface area contributed by atoms with E-state index in [-0.39, 0.29) is 16.4 Å². The van der Waals surface area contributed by atoms with Crippen LogP contribution in [0.3, 0.4) is 0 Å². The van der Waals surface area contributed by atoms with E-state index in [1.54, 1.807) is 20.1 Å². The van der Waals surface area contributed by atoms with E-state index in [0.29, 0.717) is 34.5 Å². The van der Waals surface area contributed by atoms with Crippen LogP contribution in [0, 0.1) is 17.0 Å². The first-order valence-electron chi connectivity index (χ1n) is 8.28. The van der Waals surface area contributed by atoms with Gasteiger partial charge in [-0.1, -0.05) is 0 Å². The van der Waals surface area contributed by atoms with Crippen molar-refractivity contribution in [1.29, 1.82) is 0 Å². The van der Waals surface area contributed by atoms with Crippen LogP contribution in [0.4, 0.5) is 5.69 Å². The average Bonchev–Trinajstić information content (AvgIpc) is 2.89. The highest BCUT2D eigenvalue weighted by Gasteiger charge is 2.27. The van der Waals surface area contributed by atoms with E-state index >= 15 is 0 Å². The number of aromatic nitrogens is 1. The van der Waals surface area contributed by atoms with Gasteiger partial charge in [-0.3, -0.25) is 10.1 Å². The largest absolute Gasteiger partial charge is 0.507 e. The molecule has 0 saturated heterocycles. The summed E-state index contributed by atoms with van der Waals surface area (Å²) in [7, 11) is 5.53. The van der Waals surface area contributed by atoms with Gasteiger partial charge >= 0.3 is 0 Å². The van der Waals surface area contributed by atoms with Crippen molar-refractivity contribution in [3.63, 3.8) is 0 Å². The predicted octanol–water partition coefficient (Wildman–Crippen LogP) is 2.21. The number of aromatic hydroxyl groups is 1. The van der Waals surface area contributed by atoms with Crippen molar-refractivity contribution >= 4 is 16.6 Å². The first kappa shape index (κ1) is 17.8. The minimum atomic E-state index is -0.360. The van der Waals surface area contributed by atoms with Crippen LogP contribution in [0.2, 0.25) is 0 Å². The molecule has 1 heterocycles. The van der Waals surface area contributed by atoms with Gasteiger partial charge in [-0.25, -0.2) is 0 Å². The summed E-state index contributed by atoms with van der Waals surface area (Å²) in [5.74, 6) is 0.846. The molecule has 0 bridgehead atoms. The van der Waals surface area contributed by atoms with Crippen LogP contribution in [-0.2, 0) is 6.54 Å². The lowest BCUT2D eigenvalue weighted by Gasteiger charge is -2.14. The Morgan fingerprint density at radius 2 is 1.85 bits per heavy atom. The highest BCUT2D eigenvalue weighted by Crippen LogP contribution is 2.39. The van der Waals surface area contributed by atoms with Crippen molar-refractivity contribution in [1.82, 2.24) is 4.57 Å². The molecule has 2 aromatic carbocycles. The molecule has 7 nitrogen and oxygen atoms in total. The summed E-state index contributed by atoms with van der Waals surface area (Å²) in [6.45, 7) is 2.27. The maximum Gasteiger partial charge on any atom is 0.298 e. The van der Waals surface area contributed by atoms with Gasteiger partial charge in [0.2, 0.25) is 0 Å². The van der Waals surface area contributed by atoms with Gasteiger partial charge in [0.25, 0.3) is 5.69 Å². The molecule has 0 spiro atoms. The van der Waals surface area contributed by atoms with Crippen molar-refractivity contribution in [2.45, 2.75) is 13.5 Å². The van der Waals surface area contributed by atoms with Gasteiger partial charge in [0.15, 0.2) is 0 Å². The van der Waals surface area contributed by atoms with Crippen molar-refractivity contribution in [3.05, 3.63) is 57.8 Å². The molecule has 2 N–H and O–H groups in total. The van der Waals surface area contributed by atoms with Gasteiger partial charge < -0.3 is 19.3 Å². The number of phenols is 1. The minimum Gasteiger partial charge on any atom is -0.507 e. The quantitative estimate of drug-likeness (QED) is 0.542. The number of fused-ring (bicyclic) bond motifs is 1. The summed E-state index contributed by atoms with van der Waals surface area (Å²) in [5.41, 5.74) is 2.72. The van der Waals surface area contributed by atoms with Crippen LogP contribution in [0.15, 0.2) is 36.4 Å². The summed E-state index contributed by atoms with van der Waals surface area (Å²) in [6, 6.07) is 10.5. The van der Waals surface area contributed by atoms with Crippen molar-refractivity contribution in [2.24, 2.45) is 0 Å². The number of hydrogen-bond donors (Lipinski definition) is 2. The maximum absolute atomic E-state index is 11.7. The lowest BCUT2D eigenvalue weighted by molar-refractivity contribution is -0.872. The van der Waals surface area contributed by atoms with Crippen molar-refractivity contribution < 1.29 is 19.7 Å². The average molecular weight is 356 g/mol. The zero-order valence-electron chi connectivity index (χ0n) is 15.2. The molecule has 0 aliphatic rings. The molecule has 0 aliphatic heterocycles. The standard InChI is InChI=1S/C19H21N3O4/c1-12-18(22(24)25)15-9-10-17(23)16(11-20(2)3)19(15)21(12)13-5-7-14(26-4)8-6-13/h5-10,23H,11H2,1-4H3/p+1. The topological polar surface area (TPSA) is 82.0 Å². The van der Waals surface area contributed by atoms with Gasteiger partial charge in [0.05, 0.1) is 48.3 Å². The maximum atomic E-state index is 11.7. The highest BCUT2D eigenvalue weighted by atomic mass is 16.6. The van der Waals surface area contributed by atoms with Crippen LogP contribution in [0.1, 0.15) is 11.3 Å². The lowest BCUT2D eigenvalue weighted by Crippen LogP contribution is -3.04. The van der Waals surface area contributed by atoms with Crippen LogP contribution < -0.4 is 9.64 Å². The van der Waals surface area contributed by atoms with E-state index in [0.717, 1.165) is 10.6 Å². The van der Waals surface area contributed by atoms with Gasteiger partial charge in [0.1, 0.15) is 18.0 Å². The Morgan fingerprint density at radius 1 is 1.19 bits per heavy atom. The fourth-order valence-corrected chi connectivity index (χ4v) is 3.35. The van der Waals surface area contributed by atoms with Gasteiger partial charge in [-0.2, -0.15) is 0 Å². The second-order valence-corrected chi connectivity index (χ2v) is 6.57. The number of nitrogens with one attached hydrogen (secondary N) is 1. The molecular weight excluding hydrogens is 334 g/mol. The van der Waals surface area contributed by atoms with E-state index in [4.69, 9.17) is 4.74 Å². The van der Waals surface area contributed by atoms with Gasteiger partial charge in [0, 0.05) is 5.69 Å². The normalized spacial score (nSPS) is 11.3. The molecule has 3 aromatic rings. The SMILES string of the molecule is COc1ccc(-n2c(C)c([N+](=O)[O-])c3ccc(O)c(C[NH+](C)C)c32)cc1. The van der Waals surface area contributed by atoms with E-state index in [1.165, 1.54) is 6.07 Å². The Morgan fingerprint density at radius 3 is 2.38 bits per heavy atom. The number of nitrogens with zero attached hydrogens (tertiary/aromatic N) is 2. The molecule has 1 aromatic heterocycles. The van der Waals surface area contributed by atoms with E-state index in [1.807, 2.05) is 42.9 Å². The number of quaternary nitrogens is 1. The van der Waals surface area contributed by atoms with Crippen molar-refractivity contribution in [2.75, 3.05) is 21.2 Å². The highest BCUT2D eigenvalue weighted by molar-refractivity contribution is 5.96. The third-order valence-electron chi connectivity index (χ3n) is 4.46. The molecule has 136 valence electrons. The Bertz CT molecular complexity index is 975. The molecule has 26 heavy (non-hydrogen) atoms. The van der Waals surface area contributed by atoms with Crippen molar-refractivity contribution in [3.8, 4) is 17.2 Å². The molecule has 3 rings (SSSR count). The number of methoxy groups -OCH3 is 1. The molecule has 0 fully saturated rings. The zero-order chi connectivity index (χ0) is 19.0. The Hall–Kier alpha value is -3.06. The van der Waals surface area contributed by atoms with E-state index < -0.39 is 0 Å². The molecular formula is C19H22N3O4+. The summed E-state index contributed by atoms with van der Waals surface area (Å²) in [5, 5.41) is 22.7. The summed E-state index contributed by atoms with van der Waals surface area (Å²) in [4.78, 5) is 12.5. The Kier molecular flexibility index (Phi) is 4.56. The van der Waals surface area contributed by atoms with Crippen LogP contribution >= 0.6 is 0 Å². The van der Waals surface area contributed by atoms with Gasteiger partial charge in [-0.05, 0) is 43.3 Å². The zero-order valence-corrected chi connectivity index (χ0v) is 15.2. The second-order valence-electron chi connectivity index (χ2n) is 6.57. The number of benzene rings is 2. The lowest BCUT2D eigenvalue weighted by atomic mass is 10.1. The first-order chi connectivity index (χ1) is 12.3. The third kappa shape index (κ3) is 2.86. The summed E-state index contributed by atoms with van der Waals surface area (Å²) >= 11 is 0. The molecule has 0 aliphatic carbocycles. The van der Waals surface area contributed by atoms with E-state index in [9.17, 15) is 15.2 Å². The Labute approximate surface area is 151 Å².